The molecular formula is C13H25ClN2O. The summed E-state index contributed by atoms with van der Waals surface area (Å²) in [6, 6.07) is 0. The second-order valence-electron chi connectivity index (χ2n) is 4.36. The Bertz CT molecular complexity index is 238. The van der Waals surface area contributed by atoms with Gasteiger partial charge < -0.3 is 21.6 Å². The van der Waals surface area contributed by atoms with Gasteiger partial charge in [0.05, 0.1) is 33.7 Å². The molecule has 17 heavy (non-hydrogen) atoms. The average molecular weight is 261 g/mol. The van der Waals surface area contributed by atoms with Gasteiger partial charge in [0.25, 0.3) is 0 Å². The zero-order chi connectivity index (χ0) is 12.4. The van der Waals surface area contributed by atoms with Crippen molar-refractivity contribution in [2.45, 2.75) is 13.3 Å². The molecule has 0 bridgehead atoms. The molecule has 0 aliphatic carbocycles. The van der Waals surface area contributed by atoms with E-state index in [0.717, 1.165) is 43.0 Å². The van der Waals surface area contributed by atoms with E-state index in [2.05, 4.69) is 32.2 Å². The first-order valence-electron chi connectivity index (χ1n) is 5.75. The van der Waals surface area contributed by atoms with Crippen LogP contribution in [0.4, 0.5) is 0 Å². The van der Waals surface area contributed by atoms with E-state index in [1.165, 1.54) is 0 Å². The highest BCUT2D eigenvalue weighted by Crippen LogP contribution is 1.96. The van der Waals surface area contributed by atoms with E-state index >= 15 is 0 Å². The predicted molar refractivity (Wildman–Crippen MR) is 70.8 cm³/mol. The molecule has 0 unspecified atom stereocenters. The molecule has 0 aromatic heterocycles. The number of nitrogens with zero attached hydrogens (tertiary/aromatic N) is 2. The molecule has 0 N–H and O–H groups in total. The van der Waals surface area contributed by atoms with E-state index in [1.807, 2.05) is 19.1 Å². The molecule has 0 fully saturated rings. The average Bonchev–Trinajstić information content (AvgIpc) is 2.70. The Morgan fingerprint density at radius 2 is 1.82 bits per heavy atom. The first kappa shape index (κ1) is 18.6. The lowest BCUT2D eigenvalue weighted by molar-refractivity contribution is -0.878. The molecule has 0 spiro atoms. The summed E-state index contributed by atoms with van der Waals surface area (Å²) in [6.07, 6.45) is 4.81. The van der Waals surface area contributed by atoms with Gasteiger partial charge in [-0.25, -0.2) is 0 Å². The normalized spacial score (nSPS) is 13.5. The van der Waals surface area contributed by atoms with Gasteiger partial charge in [-0.3, -0.25) is 4.99 Å². The summed E-state index contributed by atoms with van der Waals surface area (Å²) < 4.78 is 6.00. The topological polar surface area (TPSA) is 21.6 Å². The quantitative estimate of drug-likeness (QED) is 0.472. The third-order valence-electron chi connectivity index (χ3n) is 2.20. The Labute approximate surface area is 112 Å². The number of likely N-dealkylation sites (N-methyl/N-ethyl adjacent to an activating group) is 1. The lowest BCUT2D eigenvalue weighted by Crippen LogP contribution is -3.00. The zero-order valence-corrected chi connectivity index (χ0v) is 12.0. The number of hydrogen-bond acceptors (Lipinski definition) is 2. The molecule has 3 nitrogen and oxygen atoms in total. The third kappa shape index (κ3) is 10.1. The number of hydrogen-bond donors (Lipinski definition) is 0. The first-order valence-corrected chi connectivity index (χ1v) is 5.75. The smallest absolute Gasteiger partial charge is 0.183 e. The van der Waals surface area contributed by atoms with Crippen molar-refractivity contribution >= 4 is 5.90 Å². The summed E-state index contributed by atoms with van der Waals surface area (Å²) in [6.45, 7) is 13.1. The van der Waals surface area contributed by atoms with Crippen molar-refractivity contribution in [3.8, 4) is 0 Å². The summed E-state index contributed by atoms with van der Waals surface area (Å²) in [5, 5.41) is 0. The highest BCUT2D eigenvalue weighted by molar-refractivity contribution is 5.76. The van der Waals surface area contributed by atoms with E-state index in [4.69, 9.17) is 4.74 Å². The van der Waals surface area contributed by atoms with Crippen LogP contribution in [0.5, 0.6) is 0 Å². The molecule has 0 aromatic rings. The predicted octanol–water partition coefficient (Wildman–Crippen LogP) is -0.736. The fourth-order valence-corrected chi connectivity index (χ4v) is 1.37. The van der Waals surface area contributed by atoms with Gasteiger partial charge in [-0.15, -0.1) is 0 Å². The fraction of sp³-hybridized carbons (Fsp3) is 0.615. The van der Waals surface area contributed by atoms with Gasteiger partial charge in [-0.2, -0.15) is 0 Å². The molecule has 0 radical (unpaired) electrons. The summed E-state index contributed by atoms with van der Waals surface area (Å²) in [5.74, 6) is 0.917. The Hall–Kier alpha value is -0.800. The fourth-order valence-electron chi connectivity index (χ4n) is 1.37. The lowest BCUT2D eigenvalue weighted by Gasteiger charge is -2.26. The van der Waals surface area contributed by atoms with E-state index in [9.17, 15) is 0 Å². The second-order valence-corrected chi connectivity index (χ2v) is 4.36. The molecule has 1 aliphatic heterocycles. The minimum atomic E-state index is 0. The molecule has 1 rings (SSSR count). The molecule has 4 heteroatoms. The SMILES string of the molecule is C=CC[N+](C)(C)CC=C.CCC1=NCCO1.[Cl-]. The zero-order valence-electron chi connectivity index (χ0n) is 11.3. The van der Waals surface area contributed by atoms with Crippen LogP contribution >= 0.6 is 0 Å². The Morgan fingerprint density at radius 3 is 2.06 bits per heavy atom. The number of rotatable bonds is 5. The van der Waals surface area contributed by atoms with Gasteiger partial charge in [0.2, 0.25) is 0 Å². The molecule has 0 amide bonds. The Morgan fingerprint density at radius 1 is 1.29 bits per heavy atom. The summed E-state index contributed by atoms with van der Waals surface area (Å²) in [5.41, 5.74) is 0. The monoisotopic (exact) mass is 260 g/mol. The van der Waals surface area contributed by atoms with Crippen molar-refractivity contribution in [1.82, 2.24) is 0 Å². The summed E-state index contributed by atoms with van der Waals surface area (Å²) >= 11 is 0. The van der Waals surface area contributed by atoms with Crippen molar-refractivity contribution in [2.75, 3.05) is 40.3 Å². The highest BCUT2D eigenvalue weighted by Gasteiger charge is 2.07. The van der Waals surface area contributed by atoms with Gasteiger partial charge >= 0.3 is 0 Å². The molecule has 1 heterocycles. The van der Waals surface area contributed by atoms with Crippen LogP contribution in [0.15, 0.2) is 30.3 Å². The summed E-state index contributed by atoms with van der Waals surface area (Å²) in [4.78, 5) is 4.05. The third-order valence-corrected chi connectivity index (χ3v) is 2.20. The van der Waals surface area contributed by atoms with Crippen LogP contribution in [0, 0.1) is 0 Å². The van der Waals surface area contributed by atoms with E-state index < -0.39 is 0 Å². The molecular weight excluding hydrogens is 236 g/mol. The van der Waals surface area contributed by atoms with Gasteiger partial charge in [0.1, 0.15) is 6.61 Å². The van der Waals surface area contributed by atoms with Crippen molar-refractivity contribution in [2.24, 2.45) is 4.99 Å². The Balaban J connectivity index is 0. The van der Waals surface area contributed by atoms with Crippen LogP contribution in [0.25, 0.3) is 0 Å². The number of aliphatic imine (C=N–C) groups is 1. The lowest BCUT2D eigenvalue weighted by atomic mass is 10.4. The van der Waals surface area contributed by atoms with Gasteiger partial charge in [0.15, 0.2) is 5.90 Å². The van der Waals surface area contributed by atoms with Crippen molar-refractivity contribution < 1.29 is 21.6 Å². The minimum Gasteiger partial charge on any atom is -1.00 e. The largest absolute Gasteiger partial charge is 1.00 e. The first-order chi connectivity index (χ1) is 7.55. The van der Waals surface area contributed by atoms with Crippen LogP contribution in [0.2, 0.25) is 0 Å². The molecule has 0 aromatic carbocycles. The molecule has 100 valence electrons. The van der Waals surface area contributed by atoms with Crippen LogP contribution in [0.1, 0.15) is 13.3 Å². The Kier molecular flexibility index (Phi) is 11.3. The highest BCUT2D eigenvalue weighted by atomic mass is 35.5. The van der Waals surface area contributed by atoms with E-state index in [-0.39, 0.29) is 12.4 Å². The number of halogens is 1. The van der Waals surface area contributed by atoms with Crippen LogP contribution in [-0.2, 0) is 4.74 Å². The van der Waals surface area contributed by atoms with Gasteiger partial charge in [-0.05, 0) is 12.2 Å². The van der Waals surface area contributed by atoms with Crippen LogP contribution in [0.3, 0.4) is 0 Å². The van der Waals surface area contributed by atoms with Crippen molar-refractivity contribution in [3.05, 3.63) is 25.3 Å². The van der Waals surface area contributed by atoms with Crippen molar-refractivity contribution in [1.29, 1.82) is 0 Å². The molecule has 0 saturated heterocycles. The maximum Gasteiger partial charge on any atom is 0.183 e. The molecule has 0 saturated carbocycles. The van der Waals surface area contributed by atoms with Crippen LogP contribution in [-0.4, -0.2) is 50.7 Å². The van der Waals surface area contributed by atoms with Crippen LogP contribution < -0.4 is 12.4 Å². The van der Waals surface area contributed by atoms with Gasteiger partial charge in [-0.1, -0.05) is 20.1 Å². The van der Waals surface area contributed by atoms with E-state index in [1.54, 1.807) is 0 Å². The summed E-state index contributed by atoms with van der Waals surface area (Å²) in [7, 11) is 4.31. The van der Waals surface area contributed by atoms with Crippen molar-refractivity contribution in [3.63, 3.8) is 0 Å². The molecule has 0 atom stereocenters. The number of ether oxygens (including phenoxy) is 1. The second kappa shape index (κ2) is 10.4. The van der Waals surface area contributed by atoms with E-state index in [0.29, 0.717) is 0 Å². The molecule has 1 aliphatic rings. The number of quaternary nitrogens is 1. The standard InChI is InChI=1S/C8H16N.C5H9NO.ClH/c1-5-7-9(3,4)8-6-2;1-2-5-6-3-4-7-5;/h5-6H,1-2,7-8H2,3-4H3;2-4H2,1H3;1H/q+1;;/p-1. The minimum absolute atomic E-state index is 0. The van der Waals surface area contributed by atoms with Gasteiger partial charge in [0, 0.05) is 6.42 Å². The maximum absolute atomic E-state index is 5.05. The maximum atomic E-state index is 5.05.